The third-order valence-electron chi connectivity index (χ3n) is 3.86. The van der Waals surface area contributed by atoms with Crippen LogP contribution in [0, 0.1) is 0 Å². The molecule has 0 amide bonds. The summed E-state index contributed by atoms with van der Waals surface area (Å²) in [5.74, 6) is 1.49. The zero-order valence-electron chi connectivity index (χ0n) is 14.3. The largest absolute Gasteiger partial charge is 0.495 e. The molecule has 0 spiro atoms. The number of nitrogens with zero attached hydrogens (tertiary/aromatic N) is 4. The normalized spacial score (nSPS) is 10.6. The molecule has 8 heteroatoms. The zero-order chi connectivity index (χ0) is 18.6. The number of methoxy groups -OCH3 is 1. The van der Waals surface area contributed by atoms with Gasteiger partial charge in [0.15, 0.2) is 5.82 Å². The quantitative estimate of drug-likeness (QED) is 0.526. The van der Waals surface area contributed by atoms with E-state index in [-0.39, 0.29) is 0 Å². The highest BCUT2D eigenvalue weighted by molar-refractivity contribution is 6.31. The molecule has 0 saturated carbocycles. The summed E-state index contributed by atoms with van der Waals surface area (Å²) in [6.45, 7) is 0. The molecule has 27 heavy (non-hydrogen) atoms. The Morgan fingerprint density at radius 1 is 1.00 bits per heavy atom. The van der Waals surface area contributed by atoms with Crippen molar-refractivity contribution >= 4 is 45.6 Å². The molecule has 0 aliphatic carbocycles. The molecule has 0 bridgehead atoms. The van der Waals surface area contributed by atoms with Crippen molar-refractivity contribution in [3.63, 3.8) is 0 Å². The summed E-state index contributed by atoms with van der Waals surface area (Å²) in [7, 11) is 1.59. The fraction of sp³-hybridized carbons (Fsp3) is 0.0526. The number of fused-ring (bicyclic) bond motifs is 1. The highest BCUT2D eigenvalue weighted by Gasteiger charge is 2.08. The first-order chi connectivity index (χ1) is 13.2. The summed E-state index contributed by atoms with van der Waals surface area (Å²) in [6.07, 6.45) is 3.27. The Hall–Kier alpha value is -3.45. The van der Waals surface area contributed by atoms with Gasteiger partial charge in [0, 0.05) is 16.6 Å². The standard InChI is InChI=1S/C19H15ClN6O/c1-27-16-8-7-13(20)10-15(16)23-17-11-22-26-19(25-17)24-14-6-2-4-12-5-3-9-21-18(12)14/h2-11H,1H3,(H2,23,24,25,26). The van der Waals surface area contributed by atoms with Gasteiger partial charge in [-0.3, -0.25) is 4.98 Å². The number of pyridine rings is 1. The molecule has 4 aromatic rings. The lowest BCUT2D eigenvalue weighted by Crippen LogP contribution is -2.03. The number of hydrogen-bond donors (Lipinski definition) is 2. The molecule has 2 heterocycles. The Kier molecular flexibility index (Phi) is 4.67. The van der Waals surface area contributed by atoms with Crippen LogP contribution >= 0.6 is 11.6 Å². The van der Waals surface area contributed by atoms with E-state index in [1.54, 1.807) is 31.5 Å². The molecular formula is C19H15ClN6O. The highest BCUT2D eigenvalue weighted by Crippen LogP contribution is 2.30. The molecule has 2 N–H and O–H groups in total. The molecule has 0 atom stereocenters. The molecule has 0 aliphatic heterocycles. The van der Waals surface area contributed by atoms with Crippen molar-refractivity contribution in [3.8, 4) is 5.75 Å². The zero-order valence-corrected chi connectivity index (χ0v) is 15.1. The summed E-state index contributed by atoms with van der Waals surface area (Å²) in [5, 5.41) is 16.0. The van der Waals surface area contributed by atoms with Crippen LogP contribution in [0.2, 0.25) is 5.02 Å². The summed E-state index contributed by atoms with van der Waals surface area (Å²) >= 11 is 6.07. The predicted molar refractivity (Wildman–Crippen MR) is 106 cm³/mol. The SMILES string of the molecule is COc1ccc(Cl)cc1Nc1cnnc(Nc2cccc3cccnc23)n1. The number of anilines is 4. The maximum absolute atomic E-state index is 6.07. The fourth-order valence-corrected chi connectivity index (χ4v) is 2.83. The number of rotatable bonds is 5. The minimum Gasteiger partial charge on any atom is -0.495 e. The molecule has 0 radical (unpaired) electrons. The van der Waals surface area contributed by atoms with Gasteiger partial charge in [-0.15, -0.1) is 5.10 Å². The topological polar surface area (TPSA) is 84.9 Å². The van der Waals surface area contributed by atoms with Crippen LogP contribution in [-0.4, -0.2) is 27.3 Å². The van der Waals surface area contributed by atoms with E-state index in [9.17, 15) is 0 Å². The molecule has 2 aromatic carbocycles. The third-order valence-corrected chi connectivity index (χ3v) is 4.10. The van der Waals surface area contributed by atoms with Crippen LogP contribution in [-0.2, 0) is 0 Å². The van der Waals surface area contributed by atoms with Gasteiger partial charge in [0.1, 0.15) is 5.75 Å². The van der Waals surface area contributed by atoms with Crippen molar-refractivity contribution in [1.29, 1.82) is 0 Å². The second-order valence-corrected chi connectivity index (χ2v) is 6.08. The van der Waals surface area contributed by atoms with Gasteiger partial charge in [-0.1, -0.05) is 29.8 Å². The second-order valence-electron chi connectivity index (χ2n) is 5.64. The number of halogens is 1. The van der Waals surface area contributed by atoms with E-state index in [2.05, 4.69) is 30.8 Å². The van der Waals surface area contributed by atoms with E-state index >= 15 is 0 Å². The fourth-order valence-electron chi connectivity index (χ4n) is 2.66. The number of hydrogen-bond acceptors (Lipinski definition) is 7. The van der Waals surface area contributed by atoms with Crippen LogP contribution in [0.15, 0.2) is 60.9 Å². The lowest BCUT2D eigenvalue weighted by Gasteiger charge is -2.12. The molecule has 0 fully saturated rings. The predicted octanol–water partition coefficient (Wildman–Crippen LogP) is 4.57. The van der Waals surface area contributed by atoms with Crippen LogP contribution in [0.25, 0.3) is 10.9 Å². The average molecular weight is 379 g/mol. The van der Waals surface area contributed by atoms with Crippen LogP contribution < -0.4 is 15.4 Å². The second kappa shape index (κ2) is 7.43. The monoisotopic (exact) mass is 378 g/mol. The van der Waals surface area contributed by atoms with Crippen molar-refractivity contribution in [2.75, 3.05) is 17.7 Å². The average Bonchev–Trinajstić information content (AvgIpc) is 2.69. The maximum atomic E-state index is 6.07. The van der Waals surface area contributed by atoms with Gasteiger partial charge >= 0.3 is 0 Å². The van der Waals surface area contributed by atoms with Gasteiger partial charge in [0.05, 0.1) is 30.2 Å². The van der Waals surface area contributed by atoms with Crippen LogP contribution in [0.5, 0.6) is 5.75 Å². The van der Waals surface area contributed by atoms with E-state index in [0.717, 1.165) is 16.6 Å². The summed E-state index contributed by atoms with van der Waals surface area (Å²) in [6, 6.07) is 15.0. The Morgan fingerprint density at radius 3 is 2.78 bits per heavy atom. The smallest absolute Gasteiger partial charge is 0.249 e. The van der Waals surface area contributed by atoms with E-state index < -0.39 is 0 Å². The first-order valence-corrected chi connectivity index (χ1v) is 8.52. The Bertz CT molecular complexity index is 1100. The van der Waals surface area contributed by atoms with Gasteiger partial charge < -0.3 is 15.4 Å². The minimum atomic E-state index is 0.346. The van der Waals surface area contributed by atoms with E-state index in [1.165, 1.54) is 6.20 Å². The van der Waals surface area contributed by atoms with E-state index in [1.807, 2.05) is 30.3 Å². The number of nitrogens with one attached hydrogen (secondary N) is 2. The molecule has 0 saturated heterocycles. The maximum Gasteiger partial charge on any atom is 0.249 e. The molecule has 4 rings (SSSR count). The summed E-state index contributed by atoms with van der Waals surface area (Å²) in [5.41, 5.74) is 2.31. The molecule has 134 valence electrons. The van der Waals surface area contributed by atoms with Crippen molar-refractivity contribution < 1.29 is 4.74 Å². The van der Waals surface area contributed by atoms with E-state index in [4.69, 9.17) is 16.3 Å². The summed E-state index contributed by atoms with van der Waals surface area (Å²) in [4.78, 5) is 8.87. The van der Waals surface area contributed by atoms with Crippen LogP contribution in [0.1, 0.15) is 0 Å². The molecule has 0 aliphatic rings. The van der Waals surface area contributed by atoms with Crippen molar-refractivity contribution in [1.82, 2.24) is 20.2 Å². The van der Waals surface area contributed by atoms with Gasteiger partial charge in [-0.2, -0.15) is 10.1 Å². The minimum absolute atomic E-state index is 0.346. The number of aromatic nitrogens is 4. The highest BCUT2D eigenvalue weighted by atomic mass is 35.5. The van der Waals surface area contributed by atoms with Gasteiger partial charge in [-0.05, 0) is 30.3 Å². The first kappa shape index (κ1) is 17.0. The van der Waals surface area contributed by atoms with Gasteiger partial charge in [0.2, 0.25) is 5.95 Å². The molecule has 0 unspecified atom stereocenters. The lowest BCUT2D eigenvalue weighted by atomic mass is 10.2. The van der Waals surface area contributed by atoms with Crippen LogP contribution in [0.3, 0.4) is 0 Å². The summed E-state index contributed by atoms with van der Waals surface area (Å²) < 4.78 is 5.34. The third kappa shape index (κ3) is 3.73. The lowest BCUT2D eigenvalue weighted by molar-refractivity contribution is 0.417. The van der Waals surface area contributed by atoms with E-state index in [0.29, 0.717) is 28.2 Å². The molecule has 7 nitrogen and oxygen atoms in total. The van der Waals surface area contributed by atoms with Crippen LogP contribution in [0.4, 0.5) is 23.1 Å². The number of benzene rings is 2. The van der Waals surface area contributed by atoms with Crippen molar-refractivity contribution in [2.45, 2.75) is 0 Å². The Morgan fingerprint density at radius 2 is 1.89 bits per heavy atom. The number of ether oxygens (including phenoxy) is 1. The van der Waals surface area contributed by atoms with Crippen molar-refractivity contribution in [3.05, 3.63) is 65.9 Å². The molecule has 2 aromatic heterocycles. The number of para-hydroxylation sites is 1. The Balaban J connectivity index is 1.62. The molecular weight excluding hydrogens is 364 g/mol. The van der Waals surface area contributed by atoms with Crippen molar-refractivity contribution in [2.24, 2.45) is 0 Å². The van der Waals surface area contributed by atoms with Gasteiger partial charge in [0.25, 0.3) is 0 Å². The Labute approximate surface area is 160 Å². The first-order valence-electron chi connectivity index (χ1n) is 8.14. The van der Waals surface area contributed by atoms with Gasteiger partial charge in [-0.25, -0.2) is 0 Å².